The zero-order valence-electron chi connectivity index (χ0n) is 10.4. The quantitative estimate of drug-likeness (QED) is 0.658. The molecule has 0 aliphatic heterocycles. The zero-order valence-corrected chi connectivity index (χ0v) is 10.4. The van der Waals surface area contributed by atoms with Gasteiger partial charge < -0.3 is 10.2 Å². The highest BCUT2D eigenvalue weighted by molar-refractivity contribution is 5.78. The molecule has 0 spiro atoms. The van der Waals surface area contributed by atoms with Crippen molar-refractivity contribution in [3.8, 4) is 11.5 Å². The number of hydrogen-bond acceptors (Lipinski definition) is 3. The van der Waals surface area contributed by atoms with E-state index < -0.39 is 0 Å². The van der Waals surface area contributed by atoms with E-state index >= 15 is 0 Å². The molecule has 2 N–H and O–H groups in total. The van der Waals surface area contributed by atoms with Gasteiger partial charge in [0.25, 0.3) is 0 Å². The third-order valence-electron chi connectivity index (χ3n) is 3.15. The Morgan fingerprint density at radius 3 is 2.78 bits per heavy atom. The first-order valence-corrected chi connectivity index (χ1v) is 5.88. The molecular weight excluding hydrogens is 224 g/mol. The Bertz CT molecular complexity index is 728. The van der Waals surface area contributed by atoms with E-state index in [1.54, 1.807) is 0 Å². The fourth-order valence-electron chi connectivity index (χ4n) is 2.04. The van der Waals surface area contributed by atoms with Crippen LogP contribution in [0.1, 0.15) is 11.1 Å². The maximum absolute atomic E-state index is 5.91. The van der Waals surface area contributed by atoms with Crippen LogP contribution in [0.5, 0.6) is 0 Å². The smallest absolute Gasteiger partial charge is 0.227 e. The summed E-state index contributed by atoms with van der Waals surface area (Å²) < 4.78 is 5.78. The van der Waals surface area contributed by atoms with Crippen LogP contribution in [0, 0.1) is 13.8 Å². The Kier molecular flexibility index (Phi) is 2.33. The molecule has 3 nitrogen and oxygen atoms in total. The van der Waals surface area contributed by atoms with Crippen LogP contribution >= 0.6 is 0 Å². The fraction of sp³-hybridized carbons (Fsp3) is 0.133. The summed E-state index contributed by atoms with van der Waals surface area (Å²) in [5, 5.41) is 0. The number of aromatic nitrogens is 1. The highest BCUT2D eigenvalue weighted by Gasteiger charge is 2.11. The van der Waals surface area contributed by atoms with Crippen molar-refractivity contribution in [2.75, 3.05) is 5.73 Å². The van der Waals surface area contributed by atoms with E-state index in [0.29, 0.717) is 5.89 Å². The lowest BCUT2D eigenvalue weighted by Gasteiger charge is -2.03. The third-order valence-corrected chi connectivity index (χ3v) is 3.15. The van der Waals surface area contributed by atoms with Gasteiger partial charge in [0.15, 0.2) is 5.58 Å². The minimum Gasteiger partial charge on any atom is -0.436 e. The van der Waals surface area contributed by atoms with Crippen molar-refractivity contribution in [1.82, 2.24) is 4.98 Å². The Labute approximate surface area is 105 Å². The topological polar surface area (TPSA) is 52.0 Å². The molecule has 18 heavy (non-hydrogen) atoms. The molecule has 0 aliphatic carbocycles. The molecule has 0 amide bonds. The van der Waals surface area contributed by atoms with Gasteiger partial charge in [0, 0.05) is 11.3 Å². The van der Waals surface area contributed by atoms with E-state index in [0.717, 1.165) is 27.9 Å². The number of nitrogen functional groups attached to an aromatic ring is 1. The summed E-state index contributed by atoms with van der Waals surface area (Å²) in [6.45, 7) is 4.02. The number of benzene rings is 2. The summed E-state index contributed by atoms with van der Waals surface area (Å²) in [6, 6.07) is 11.8. The van der Waals surface area contributed by atoms with Crippen LogP contribution in [0.2, 0.25) is 0 Å². The van der Waals surface area contributed by atoms with E-state index in [1.807, 2.05) is 50.2 Å². The Morgan fingerprint density at radius 1 is 1.11 bits per heavy atom. The minimum absolute atomic E-state index is 0.625. The second-order valence-corrected chi connectivity index (χ2v) is 4.51. The van der Waals surface area contributed by atoms with Gasteiger partial charge in [-0.15, -0.1) is 0 Å². The Balaban J connectivity index is 2.22. The Hall–Kier alpha value is -2.29. The van der Waals surface area contributed by atoms with Crippen LogP contribution in [0.3, 0.4) is 0 Å². The first-order valence-electron chi connectivity index (χ1n) is 5.88. The molecule has 0 aliphatic rings. The van der Waals surface area contributed by atoms with E-state index in [2.05, 4.69) is 4.98 Å². The number of nitrogens with two attached hydrogens (primary N) is 1. The molecule has 0 saturated heterocycles. The average molecular weight is 238 g/mol. The van der Waals surface area contributed by atoms with Gasteiger partial charge in [-0.1, -0.05) is 12.1 Å². The molecule has 0 bridgehead atoms. The van der Waals surface area contributed by atoms with Gasteiger partial charge in [-0.2, -0.15) is 0 Å². The number of nitrogens with zero attached hydrogens (tertiary/aromatic N) is 1. The molecular formula is C15H14N2O. The van der Waals surface area contributed by atoms with Crippen LogP contribution in [0.4, 0.5) is 5.69 Å². The second kappa shape index (κ2) is 3.88. The molecule has 0 saturated carbocycles. The summed E-state index contributed by atoms with van der Waals surface area (Å²) in [6.07, 6.45) is 0. The van der Waals surface area contributed by atoms with Crippen LogP contribution in [-0.4, -0.2) is 4.98 Å². The monoisotopic (exact) mass is 238 g/mol. The van der Waals surface area contributed by atoms with E-state index in [-0.39, 0.29) is 0 Å². The van der Waals surface area contributed by atoms with Crippen molar-refractivity contribution in [3.63, 3.8) is 0 Å². The molecule has 90 valence electrons. The van der Waals surface area contributed by atoms with E-state index in [4.69, 9.17) is 10.2 Å². The molecule has 1 heterocycles. The van der Waals surface area contributed by atoms with Crippen molar-refractivity contribution >= 4 is 16.8 Å². The lowest BCUT2D eigenvalue weighted by atomic mass is 10.1. The van der Waals surface area contributed by atoms with E-state index in [9.17, 15) is 0 Å². The van der Waals surface area contributed by atoms with Crippen molar-refractivity contribution in [2.45, 2.75) is 13.8 Å². The van der Waals surface area contributed by atoms with Crippen molar-refractivity contribution in [3.05, 3.63) is 47.5 Å². The normalized spacial score (nSPS) is 11.0. The van der Waals surface area contributed by atoms with Crippen LogP contribution in [0.25, 0.3) is 22.6 Å². The predicted octanol–water partition coefficient (Wildman–Crippen LogP) is 3.69. The molecule has 3 heteroatoms. The van der Waals surface area contributed by atoms with Crippen molar-refractivity contribution in [2.24, 2.45) is 0 Å². The van der Waals surface area contributed by atoms with Crippen molar-refractivity contribution in [1.29, 1.82) is 0 Å². The van der Waals surface area contributed by atoms with Gasteiger partial charge in [-0.3, -0.25) is 0 Å². The van der Waals surface area contributed by atoms with Gasteiger partial charge in [-0.05, 0) is 49.2 Å². The van der Waals surface area contributed by atoms with Crippen LogP contribution in [-0.2, 0) is 0 Å². The summed E-state index contributed by atoms with van der Waals surface area (Å²) in [7, 11) is 0. The summed E-state index contributed by atoms with van der Waals surface area (Å²) in [4.78, 5) is 4.52. The number of anilines is 1. The average Bonchev–Trinajstić information content (AvgIpc) is 2.75. The van der Waals surface area contributed by atoms with Gasteiger partial charge in [-0.25, -0.2) is 4.98 Å². The standard InChI is InChI=1S/C15H14N2O/c1-9-6-7-14-13(8-9)17-15(18-14)11-4-3-5-12(16)10(11)2/h3-8H,16H2,1-2H3. The third kappa shape index (κ3) is 1.64. The van der Waals surface area contributed by atoms with E-state index in [1.165, 1.54) is 5.56 Å². The molecule has 1 aromatic heterocycles. The number of oxazole rings is 1. The zero-order chi connectivity index (χ0) is 12.7. The van der Waals surface area contributed by atoms with Crippen LogP contribution < -0.4 is 5.73 Å². The molecule has 3 aromatic rings. The molecule has 2 aromatic carbocycles. The van der Waals surface area contributed by atoms with Gasteiger partial charge in [0.2, 0.25) is 5.89 Å². The second-order valence-electron chi connectivity index (χ2n) is 4.51. The number of aryl methyl sites for hydroxylation is 1. The minimum atomic E-state index is 0.625. The number of hydrogen-bond donors (Lipinski definition) is 1. The lowest BCUT2D eigenvalue weighted by Crippen LogP contribution is -1.91. The maximum atomic E-state index is 5.91. The molecule has 3 rings (SSSR count). The van der Waals surface area contributed by atoms with Crippen molar-refractivity contribution < 1.29 is 4.42 Å². The largest absolute Gasteiger partial charge is 0.436 e. The highest BCUT2D eigenvalue weighted by atomic mass is 16.3. The molecule has 0 fully saturated rings. The fourth-order valence-corrected chi connectivity index (χ4v) is 2.04. The first kappa shape index (κ1) is 10.8. The molecule has 0 atom stereocenters. The number of rotatable bonds is 1. The SMILES string of the molecule is Cc1ccc2oc(-c3cccc(N)c3C)nc2c1. The Morgan fingerprint density at radius 2 is 1.94 bits per heavy atom. The molecule has 0 radical (unpaired) electrons. The van der Waals surface area contributed by atoms with Gasteiger partial charge in [0.05, 0.1) is 0 Å². The lowest BCUT2D eigenvalue weighted by molar-refractivity contribution is 0.619. The van der Waals surface area contributed by atoms with Gasteiger partial charge >= 0.3 is 0 Å². The number of fused-ring (bicyclic) bond motifs is 1. The van der Waals surface area contributed by atoms with Crippen LogP contribution in [0.15, 0.2) is 40.8 Å². The van der Waals surface area contributed by atoms with Gasteiger partial charge in [0.1, 0.15) is 5.52 Å². The summed E-state index contributed by atoms with van der Waals surface area (Å²) in [5.74, 6) is 0.625. The first-order chi connectivity index (χ1) is 8.65. The highest BCUT2D eigenvalue weighted by Crippen LogP contribution is 2.29. The maximum Gasteiger partial charge on any atom is 0.227 e. The molecule has 0 unspecified atom stereocenters. The summed E-state index contributed by atoms with van der Waals surface area (Å²) >= 11 is 0. The predicted molar refractivity (Wildman–Crippen MR) is 73.3 cm³/mol. The summed E-state index contributed by atoms with van der Waals surface area (Å²) in [5.41, 5.74) is 11.5.